The molecule has 0 aliphatic carbocycles. The Morgan fingerprint density at radius 1 is 1.19 bits per heavy atom. The predicted octanol–water partition coefficient (Wildman–Crippen LogP) is 4.65. The second-order valence-electron chi connectivity index (χ2n) is 6.31. The number of hydrogen-bond donors (Lipinski definition) is 1. The molecule has 0 saturated carbocycles. The summed E-state index contributed by atoms with van der Waals surface area (Å²) in [5.41, 5.74) is 0.876. The summed E-state index contributed by atoms with van der Waals surface area (Å²) in [6.45, 7) is 1.11. The molecule has 0 unspecified atom stereocenters. The predicted molar refractivity (Wildman–Crippen MR) is 100 cm³/mol. The second kappa shape index (κ2) is 7.48. The van der Waals surface area contributed by atoms with Gasteiger partial charge in [-0.3, -0.25) is 0 Å². The number of hydrogen-bond acceptors (Lipinski definition) is 4. The Morgan fingerprint density at radius 2 is 1.93 bits per heavy atom. The summed E-state index contributed by atoms with van der Waals surface area (Å²) in [4.78, 5) is 18.2. The molecule has 1 aliphatic rings. The second-order valence-corrected chi connectivity index (χ2v) is 7.31. The van der Waals surface area contributed by atoms with Crippen LogP contribution in [0.25, 0.3) is 10.2 Å². The number of aromatic nitrogens is 1. The van der Waals surface area contributed by atoms with E-state index >= 15 is 0 Å². The molecule has 1 saturated heterocycles. The van der Waals surface area contributed by atoms with Crippen molar-refractivity contribution < 1.29 is 18.3 Å². The summed E-state index contributed by atoms with van der Waals surface area (Å²) in [6.07, 6.45) is 1.18. The van der Waals surface area contributed by atoms with Crippen molar-refractivity contribution >= 4 is 33.3 Å². The summed E-state index contributed by atoms with van der Waals surface area (Å²) in [5, 5.41) is 3.19. The molecule has 2 aromatic carbocycles. The zero-order valence-electron chi connectivity index (χ0n) is 14.3. The van der Waals surface area contributed by atoms with Crippen molar-refractivity contribution in [1.82, 2.24) is 9.88 Å². The molecule has 1 aliphatic heterocycles. The number of nitrogens with zero attached hydrogens (tertiary/aromatic N) is 2. The van der Waals surface area contributed by atoms with E-state index in [9.17, 15) is 13.6 Å². The molecule has 3 aromatic rings. The molecule has 0 bridgehead atoms. The highest BCUT2D eigenvalue weighted by atomic mass is 32.1. The number of thiazole rings is 1. The highest BCUT2D eigenvalue weighted by molar-refractivity contribution is 7.20. The number of anilines is 1. The van der Waals surface area contributed by atoms with E-state index in [-0.39, 0.29) is 17.7 Å². The number of amides is 2. The van der Waals surface area contributed by atoms with E-state index < -0.39 is 11.6 Å². The average Bonchev–Trinajstić information content (AvgIpc) is 3.06. The van der Waals surface area contributed by atoms with E-state index in [0.29, 0.717) is 35.8 Å². The van der Waals surface area contributed by atoms with Gasteiger partial charge in [0.05, 0.1) is 4.70 Å². The summed E-state index contributed by atoms with van der Waals surface area (Å²) in [7, 11) is 0. The molecular weight excluding hydrogens is 372 g/mol. The number of benzene rings is 2. The van der Waals surface area contributed by atoms with Crippen molar-refractivity contribution in [3.8, 4) is 5.19 Å². The third-order valence-corrected chi connectivity index (χ3v) is 5.31. The van der Waals surface area contributed by atoms with Gasteiger partial charge in [0.25, 0.3) is 5.19 Å². The van der Waals surface area contributed by atoms with Crippen LogP contribution in [0.3, 0.4) is 0 Å². The van der Waals surface area contributed by atoms with Gasteiger partial charge in [-0.1, -0.05) is 29.5 Å². The zero-order chi connectivity index (χ0) is 18.8. The normalized spacial score (nSPS) is 15.1. The number of fused-ring (bicyclic) bond motifs is 1. The van der Waals surface area contributed by atoms with Gasteiger partial charge in [0.1, 0.15) is 17.4 Å². The molecule has 0 spiro atoms. The minimum atomic E-state index is -0.691. The highest BCUT2D eigenvalue weighted by Crippen LogP contribution is 2.32. The van der Waals surface area contributed by atoms with Gasteiger partial charge in [0.2, 0.25) is 0 Å². The van der Waals surface area contributed by atoms with Gasteiger partial charge in [-0.05, 0) is 18.2 Å². The first kappa shape index (κ1) is 17.7. The Morgan fingerprint density at radius 3 is 2.67 bits per heavy atom. The standard InChI is InChI=1S/C19H17F2N3O2S/c20-12-10-15(21)17-16(11-12)27-19(23-17)26-14-6-8-24(9-7-14)18(25)22-13-4-2-1-3-5-13/h1-5,10-11,14H,6-9H2,(H,22,25). The highest BCUT2D eigenvalue weighted by Gasteiger charge is 2.25. The summed E-state index contributed by atoms with van der Waals surface area (Å²) >= 11 is 1.12. The van der Waals surface area contributed by atoms with Gasteiger partial charge in [-0.25, -0.2) is 13.6 Å². The fourth-order valence-electron chi connectivity index (χ4n) is 3.03. The summed E-state index contributed by atoms with van der Waals surface area (Å²) in [6, 6.07) is 11.2. The van der Waals surface area contributed by atoms with Gasteiger partial charge >= 0.3 is 6.03 Å². The Bertz CT molecular complexity index is 956. The minimum absolute atomic E-state index is 0.112. The van der Waals surface area contributed by atoms with Crippen molar-refractivity contribution in [2.45, 2.75) is 18.9 Å². The van der Waals surface area contributed by atoms with Crippen LogP contribution >= 0.6 is 11.3 Å². The molecular formula is C19H17F2N3O2S. The topological polar surface area (TPSA) is 54.5 Å². The van der Waals surface area contributed by atoms with Gasteiger partial charge in [-0.2, -0.15) is 4.98 Å². The van der Waals surface area contributed by atoms with Crippen LogP contribution in [0, 0.1) is 11.6 Å². The summed E-state index contributed by atoms with van der Waals surface area (Å²) in [5.74, 6) is -1.32. The van der Waals surface area contributed by atoms with Crippen molar-refractivity contribution in [2.75, 3.05) is 18.4 Å². The van der Waals surface area contributed by atoms with Crippen LogP contribution in [-0.2, 0) is 0 Å². The number of carbonyl (C=O) groups is 1. The minimum Gasteiger partial charge on any atom is -0.467 e. The Hall–Kier alpha value is -2.74. The zero-order valence-corrected chi connectivity index (χ0v) is 15.1. The lowest BCUT2D eigenvalue weighted by Gasteiger charge is -2.31. The van der Waals surface area contributed by atoms with Crippen molar-refractivity contribution in [1.29, 1.82) is 0 Å². The smallest absolute Gasteiger partial charge is 0.321 e. The van der Waals surface area contributed by atoms with Gasteiger partial charge < -0.3 is 15.0 Å². The number of likely N-dealkylation sites (tertiary alicyclic amines) is 1. The number of halogens is 2. The first-order valence-electron chi connectivity index (χ1n) is 8.62. The first-order valence-corrected chi connectivity index (χ1v) is 9.43. The van der Waals surface area contributed by atoms with E-state index in [1.165, 1.54) is 6.07 Å². The monoisotopic (exact) mass is 389 g/mol. The maximum absolute atomic E-state index is 13.8. The Labute approximate surface area is 158 Å². The molecule has 5 nitrogen and oxygen atoms in total. The molecule has 1 aromatic heterocycles. The van der Waals surface area contributed by atoms with Crippen molar-refractivity contribution in [3.05, 3.63) is 54.1 Å². The van der Waals surface area contributed by atoms with Crippen LogP contribution < -0.4 is 10.1 Å². The quantitative estimate of drug-likeness (QED) is 0.709. The summed E-state index contributed by atoms with van der Waals surface area (Å²) < 4.78 is 33.3. The third kappa shape index (κ3) is 4.00. The van der Waals surface area contributed by atoms with E-state index in [4.69, 9.17) is 4.74 Å². The van der Waals surface area contributed by atoms with Crippen molar-refractivity contribution in [3.63, 3.8) is 0 Å². The van der Waals surface area contributed by atoms with Crippen LogP contribution in [0.1, 0.15) is 12.8 Å². The number of nitrogens with one attached hydrogen (secondary N) is 1. The number of rotatable bonds is 3. The van der Waals surface area contributed by atoms with Gasteiger partial charge in [0, 0.05) is 37.7 Å². The molecule has 4 rings (SSSR count). The number of ether oxygens (including phenoxy) is 1. The van der Waals surface area contributed by atoms with Crippen LogP contribution in [0.5, 0.6) is 5.19 Å². The molecule has 0 atom stereocenters. The maximum atomic E-state index is 13.8. The molecule has 2 amide bonds. The lowest BCUT2D eigenvalue weighted by Crippen LogP contribution is -2.43. The SMILES string of the molecule is O=C(Nc1ccccc1)N1CCC(Oc2nc3c(F)cc(F)cc3s2)CC1. The Kier molecular flexibility index (Phi) is 4.89. The molecule has 0 radical (unpaired) electrons. The molecule has 2 heterocycles. The molecule has 140 valence electrons. The van der Waals surface area contributed by atoms with E-state index in [2.05, 4.69) is 10.3 Å². The van der Waals surface area contributed by atoms with E-state index in [1.54, 1.807) is 4.90 Å². The first-order chi connectivity index (χ1) is 13.1. The van der Waals surface area contributed by atoms with Crippen LogP contribution in [0.4, 0.5) is 19.3 Å². The molecule has 27 heavy (non-hydrogen) atoms. The third-order valence-electron chi connectivity index (χ3n) is 4.42. The van der Waals surface area contributed by atoms with E-state index in [0.717, 1.165) is 23.1 Å². The number of carbonyl (C=O) groups excluding carboxylic acids is 1. The fraction of sp³-hybridized carbons (Fsp3) is 0.263. The molecule has 1 N–H and O–H groups in total. The Balaban J connectivity index is 1.34. The van der Waals surface area contributed by atoms with Gasteiger partial charge in [0.15, 0.2) is 5.82 Å². The largest absolute Gasteiger partial charge is 0.467 e. The average molecular weight is 389 g/mol. The van der Waals surface area contributed by atoms with Gasteiger partial charge in [-0.15, -0.1) is 0 Å². The van der Waals surface area contributed by atoms with Crippen LogP contribution in [0.15, 0.2) is 42.5 Å². The fourth-order valence-corrected chi connectivity index (χ4v) is 3.95. The van der Waals surface area contributed by atoms with Crippen LogP contribution in [-0.4, -0.2) is 35.1 Å². The lowest BCUT2D eigenvalue weighted by molar-refractivity contribution is 0.115. The number of piperidine rings is 1. The number of urea groups is 1. The maximum Gasteiger partial charge on any atom is 0.321 e. The van der Waals surface area contributed by atoms with Crippen LogP contribution in [0.2, 0.25) is 0 Å². The van der Waals surface area contributed by atoms with Crippen molar-refractivity contribution in [2.24, 2.45) is 0 Å². The molecule has 1 fully saturated rings. The lowest BCUT2D eigenvalue weighted by atomic mass is 10.1. The number of para-hydroxylation sites is 1. The molecule has 8 heteroatoms. The van der Waals surface area contributed by atoms with E-state index in [1.807, 2.05) is 30.3 Å².